The first-order chi connectivity index (χ1) is 27.4. The number of nitrogens with one attached hydrogen (secondary N) is 4. The number of amides is 4. The van der Waals surface area contributed by atoms with E-state index in [2.05, 4.69) is 26.7 Å². The van der Waals surface area contributed by atoms with E-state index in [0.717, 1.165) is 39.3 Å². The van der Waals surface area contributed by atoms with Crippen LogP contribution >= 0.6 is 34.5 Å². The Balaban J connectivity index is 1.12. The maximum absolute atomic E-state index is 13.7. The molecule has 4 unspecified atom stereocenters. The zero-order valence-electron chi connectivity index (χ0n) is 32.4. The number of thiophene rings is 1. The maximum atomic E-state index is 13.7. The SMILES string of the molecule is CCC(NC(=O)OC)C(=O)N1CCCC1c1nc(-c2ccc3c(c2)OCCc2cc(-c4nc(C5CCCN5C(=O)C(NC(=O)OC)C(C)C)[nH]c4Cl)sc2-3)c(Cl)[nH]1. The fourth-order valence-electron chi connectivity index (χ4n) is 7.86. The molecule has 15 nitrogen and oxygen atoms in total. The van der Waals surface area contributed by atoms with Gasteiger partial charge in [-0.1, -0.05) is 50.0 Å². The van der Waals surface area contributed by atoms with Gasteiger partial charge in [0, 0.05) is 35.5 Å². The molecule has 2 fully saturated rings. The van der Waals surface area contributed by atoms with E-state index >= 15 is 0 Å². The number of aromatic nitrogens is 4. The Morgan fingerprint density at radius 1 is 0.912 bits per heavy atom. The van der Waals surface area contributed by atoms with Crippen LogP contribution in [0.25, 0.3) is 32.3 Å². The van der Waals surface area contributed by atoms with E-state index in [1.54, 1.807) is 21.1 Å². The molecule has 3 aliphatic heterocycles. The summed E-state index contributed by atoms with van der Waals surface area (Å²) in [6.45, 7) is 7.12. The van der Waals surface area contributed by atoms with Crippen LogP contribution in [-0.2, 0) is 25.5 Å². The second-order valence-electron chi connectivity index (χ2n) is 14.7. The average molecular weight is 842 g/mol. The highest BCUT2D eigenvalue weighted by molar-refractivity contribution is 7.19. The number of carbonyl (C=O) groups excluding carboxylic acids is 4. The number of rotatable bonds is 10. The summed E-state index contributed by atoms with van der Waals surface area (Å²) in [7, 11) is 2.54. The molecule has 0 saturated carbocycles. The lowest BCUT2D eigenvalue weighted by molar-refractivity contribution is -0.135. The van der Waals surface area contributed by atoms with Crippen LogP contribution in [0.15, 0.2) is 24.3 Å². The molecule has 3 aromatic heterocycles. The minimum atomic E-state index is -0.741. The lowest BCUT2D eigenvalue weighted by atomic mass is 10.0. The number of methoxy groups -OCH3 is 2. The van der Waals surface area contributed by atoms with Gasteiger partial charge in [0.15, 0.2) is 0 Å². The van der Waals surface area contributed by atoms with E-state index in [1.165, 1.54) is 14.2 Å². The zero-order chi connectivity index (χ0) is 40.5. The van der Waals surface area contributed by atoms with Crippen LogP contribution in [-0.4, -0.2) is 99.7 Å². The molecule has 0 bridgehead atoms. The number of fused-ring (bicyclic) bond motifs is 3. The fraction of sp³-hybridized carbons (Fsp3) is 0.487. The monoisotopic (exact) mass is 840 g/mol. The summed E-state index contributed by atoms with van der Waals surface area (Å²) < 4.78 is 15.8. The van der Waals surface area contributed by atoms with E-state index in [1.807, 2.05) is 39.0 Å². The van der Waals surface area contributed by atoms with Crippen LogP contribution in [0.1, 0.15) is 82.2 Å². The molecule has 0 spiro atoms. The van der Waals surface area contributed by atoms with Crippen molar-refractivity contribution in [1.82, 2.24) is 40.4 Å². The normalized spacial score (nSPS) is 18.7. The van der Waals surface area contributed by atoms with Crippen molar-refractivity contribution in [3.8, 4) is 38.0 Å². The molecule has 57 heavy (non-hydrogen) atoms. The highest BCUT2D eigenvalue weighted by Crippen LogP contribution is 2.47. The van der Waals surface area contributed by atoms with E-state index in [4.69, 9.17) is 47.4 Å². The predicted octanol–water partition coefficient (Wildman–Crippen LogP) is 7.28. The summed E-state index contributed by atoms with van der Waals surface area (Å²) in [4.78, 5) is 72.8. The van der Waals surface area contributed by atoms with E-state index < -0.39 is 24.3 Å². The number of halogens is 2. The number of hydrogen-bond donors (Lipinski definition) is 4. The molecule has 6 heterocycles. The molecule has 18 heteroatoms. The van der Waals surface area contributed by atoms with E-state index in [-0.39, 0.29) is 29.8 Å². The lowest BCUT2D eigenvalue weighted by Gasteiger charge is -2.29. The van der Waals surface area contributed by atoms with Crippen molar-refractivity contribution < 1.29 is 33.4 Å². The largest absolute Gasteiger partial charge is 0.493 e. The number of alkyl carbamates (subject to hydrolysis) is 2. The van der Waals surface area contributed by atoms with Gasteiger partial charge < -0.3 is 44.6 Å². The van der Waals surface area contributed by atoms with Gasteiger partial charge in [0.2, 0.25) is 11.8 Å². The molecule has 3 aliphatic rings. The number of ether oxygens (including phenoxy) is 3. The molecule has 4 N–H and O–H groups in total. The number of carbonyl (C=O) groups is 4. The fourth-order valence-corrected chi connectivity index (χ4v) is 9.64. The van der Waals surface area contributed by atoms with Crippen molar-refractivity contribution in [3.05, 3.63) is 51.8 Å². The molecule has 1 aromatic carbocycles. The number of imidazole rings is 2. The Kier molecular flexibility index (Phi) is 12.0. The Bertz CT molecular complexity index is 2170. The van der Waals surface area contributed by atoms with Gasteiger partial charge in [-0.15, -0.1) is 11.3 Å². The molecule has 4 atom stereocenters. The van der Waals surface area contributed by atoms with E-state index in [0.29, 0.717) is 84.5 Å². The van der Waals surface area contributed by atoms with E-state index in [9.17, 15) is 19.2 Å². The predicted molar refractivity (Wildman–Crippen MR) is 215 cm³/mol. The highest BCUT2D eigenvalue weighted by Gasteiger charge is 2.39. The van der Waals surface area contributed by atoms with Crippen LogP contribution in [0, 0.1) is 5.92 Å². The molecule has 7 rings (SSSR count). The van der Waals surface area contributed by atoms with Crippen LogP contribution in [0.5, 0.6) is 5.75 Å². The van der Waals surface area contributed by atoms with Gasteiger partial charge >= 0.3 is 12.2 Å². The quantitative estimate of drug-likeness (QED) is 0.128. The van der Waals surface area contributed by atoms with Crippen molar-refractivity contribution >= 4 is 58.5 Å². The summed E-state index contributed by atoms with van der Waals surface area (Å²) in [5.41, 5.74) is 3.94. The smallest absolute Gasteiger partial charge is 0.407 e. The molecule has 4 amide bonds. The Hall–Kier alpha value is -4.80. The van der Waals surface area contributed by atoms with Crippen LogP contribution in [0.3, 0.4) is 0 Å². The minimum absolute atomic E-state index is 0.148. The number of likely N-dealkylation sites (tertiary alicyclic amines) is 2. The number of benzene rings is 1. The van der Waals surface area contributed by atoms with Crippen LogP contribution in [0.4, 0.5) is 9.59 Å². The van der Waals surface area contributed by atoms with Gasteiger partial charge in [-0.3, -0.25) is 9.59 Å². The first kappa shape index (κ1) is 40.4. The third kappa shape index (κ3) is 8.03. The van der Waals surface area contributed by atoms with Crippen molar-refractivity contribution in [2.24, 2.45) is 5.92 Å². The second kappa shape index (κ2) is 17.0. The number of hydrogen-bond acceptors (Lipinski definition) is 10. The standard InChI is InChI=1S/C39H46Cl2N8O7S/c1-6-23(42-38(52)54-4)36(50)48-14-7-9-24(48)34-43-29(32(40)46-34)20-11-12-22-26(17-20)56-16-13-21-18-27(57-31(21)22)30-33(41)47-35(44-30)25-10-8-15-49(25)37(51)28(19(2)3)45-39(53)55-5/h11-12,17-19,23-25,28H,6-10,13-16H2,1-5H3,(H,42,52)(H,43,46)(H,44,47)(H,45,53). The Morgan fingerprint density at radius 2 is 1.53 bits per heavy atom. The van der Waals surface area contributed by atoms with Crippen molar-refractivity contribution in [1.29, 1.82) is 0 Å². The van der Waals surface area contributed by atoms with Gasteiger partial charge in [-0.25, -0.2) is 19.6 Å². The van der Waals surface area contributed by atoms with Gasteiger partial charge in [0.1, 0.15) is 51.2 Å². The first-order valence-electron chi connectivity index (χ1n) is 19.1. The minimum Gasteiger partial charge on any atom is -0.493 e. The van der Waals surface area contributed by atoms with Crippen molar-refractivity contribution in [3.63, 3.8) is 0 Å². The molecule has 304 valence electrons. The molecular weight excluding hydrogens is 795 g/mol. The molecule has 0 radical (unpaired) electrons. The molecular formula is C39H46Cl2N8O7S. The van der Waals surface area contributed by atoms with Crippen molar-refractivity contribution in [2.45, 2.75) is 83.5 Å². The topological polar surface area (TPSA) is 184 Å². The van der Waals surface area contributed by atoms with Crippen LogP contribution < -0.4 is 15.4 Å². The number of aromatic amines is 2. The van der Waals surface area contributed by atoms with Crippen molar-refractivity contribution in [2.75, 3.05) is 33.9 Å². The summed E-state index contributed by atoms with van der Waals surface area (Å²) in [6, 6.07) is 5.89. The number of nitrogens with zero attached hydrogens (tertiary/aromatic N) is 4. The Labute approximate surface area is 344 Å². The first-order valence-corrected chi connectivity index (χ1v) is 20.7. The number of H-pyrrole nitrogens is 2. The summed E-state index contributed by atoms with van der Waals surface area (Å²) >= 11 is 15.2. The Morgan fingerprint density at radius 3 is 2.16 bits per heavy atom. The van der Waals surface area contributed by atoms with Crippen LogP contribution in [0.2, 0.25) is 10.3 Å². The van der Waals surface area contributed by atoms with Gasteiger partial charge in [-0.2, -0.15) is 0 Å². The second-order valence-corrected chi connectivity index (χ2v) is 16.5. The summed E-state index contributed by atoms with van der Waals surface area (Å²) in [5, 5.41) is 6.05. The molecule has 2 saturated heterocycles. The molecule has 4 aromatic rings. The third-order valence-electron chi connectivity index (χ3n) is 10.8. The third-order valence-corrected chi connectivity index (χ3v) is 12.6. The maximum Gasteiger partial charge on any atom is 0.407 e. The lowest BCUT2D eigenvalue weighted by Crippen LogP contribution is -2.51. The summed E-state index contributed by atoms with van der Waals surface area (Å²) in [5.74, 6) is 1.33. The van der Waals surface area contributed by atoms with Gasteiger partial charge in [-0.05, 0) is 61.8 Å². The van der Waals surface area contributed by atoms with Gasteiger partial charge in [0.25, 0.3) is 0 Å². The average Bonchev–Trinajstić information content (AvgIpc) is 4.05. The molecule has 0 aliphatic carbocycles. The summed E-state index contributed by atoms with van der Waals surface area (Å²) in [6.07, 6.45) is 2.76. The van der Waals surface area contributed by atoms with Gasteiger partial charge in [0.05, 0.1) is 37.8 Å². The zero-order valence-corrected chi connectivity index (χ0v) is 34.7. The highest BCUT2D eigenvalue weighted by atomic mass is 35.5.